The van der Waals surface area contributed by atoms with Crippen molar-refractivity contribution in [3.05, 3.63) is 35.9 Å². The van der Waals surface area contributed by atoms with Crippen LogP contribution in [-0.2, 0) is 9.53 Å². The summed E-state index contributed by atoms with van der Waals surface area (Å²) < 4.78 is 5.01. The van der Waals surface area contributed by atoms with Crippen LogP contribution in [0.25, 0.3) is 0 Å². The topological polar surface area (TPSA) is 70.7 Å². The van der Waals surface area contributed by atoms with Gasteiger partial charge in [-0.15, -0.1) is 0 Å². The molecule has 6 heteroatoms. The highest BCUT2D eigenvalue weighted by Crippen LogP contribution is 2.18. The number of methoxy groups -OCH3 is 1. The lowest BCUT2D eigenvalue weighted by atomic mass is 10.1. The summed E-state index contributed by atoms with van der Waals surface area (Å²) >= 11 is 0. The van der Waals surface area contributed by atoms with E-state index in [1.54, 1.807) is 7.11 Å². The number of nitrogens with zero attached hydrogens (tertiary/aromatic N) is 1. The summed E-state index contributed by atoms with van der Waals surface area (Å²) in [6, 6.07) is 9.44. The molecule has 0 bridgehead atoms. The summed E-state index contributed by atoms with van der Waals surface area (Å²) in [5.74, 6) is 0.185. The lowest BCUT2D eigenvalue weighted by Crippen LogP contribution is -2.44. The van der Waals surface area contributed by atoms with Crippen LogP contribution in [0, 0.1) is 0 Å². The first-order valence-corrected chi connectivity index (χ1v) is 9.56. The van der Waals surface area contributed by atoms with Gasteiger partial charge in [0.05, 0.1) is 6.04 Å². The maximum atomic E-state index is 12.3. The van der Waals surface area contributed by atoms with Crippen LogP contribution < -0.4 is 10.6 Å². The quantitative estimate of drug-likeness (QED) is 0.665. The van der Waals surface area contributed by atoms with Gasteiger partial charge in [0, 0.05) is 39.8 Å². The molecule has 1 fully saturated rings. The molecule has 1 aromatic carbocycles. The molecule has 6 nitrogen and oxygen atoms in total. The number of hydrogen-bond donors (Lipinski definition) is 2. The van der Waals surface area contributed by atoms with E-state index in [-0.39, 0.29) is 18.0 Å². The number of rotatable bonds is 9. The van der Waals surface area contributed by atoms with Gasteiger partial charge in [-0.1, -0.05) is 36.8 Å². The lowest BCUT2D eigenvalue weighted by Gasteiger charge is -2.27. The van der Waals surface area contributed by atoms with Gasteiger partial charge in [0.25, 0.3) is 0 Å². The van der Waals surface area contributed by atoms with Gasteiger partial charge in [0.1, 0.15) is 0 Å². The van der Waals surface area contributed by atoms with Crippen LogP contribution in [0.4, 0.5) is 4.79 Å². The predicted octanol–water partition coefficient (Wildman–Crippen LogP) is 2.86. The Morgan fingerprint density at radius 1 is 1.19 bits per heavy atom. The fraction of sp³-hybridized carbons (Fsp3) is 0.600. The molecule has 1 aliphatic rings. The molecule has 0 aliphatic carbocycles. The third kappa shape index (κ3) is 7.04. The molecule has 1 aliphatic heterocycles. The fourth-order valence-electron chi connectivity index (χ4n) is 3.15. The fourth-order valence-corrected chi connectivity index (χ4v) is 3.15. The van der Waals surface area contributed by atoms with E-state index in [0.717, 1.165) is 44.2 Å². The standard InChI is InChI=1S/C20H31N3O3/c1-26-15-9-7-13-21-20(25)22-18(17-10-4-2-5-11-17)16-23-14-8-3-6-12-19(23)24/h2,4-5,10-11,18H,3,6-9,12-16H2,1H3,(H2,21,22,25). The Labute approximate surface area is 156 Å². The van der Waals surface area contributed by atoms with E-state index in [0.29, 0.717) is 26.1 Å². The van der Waals surface area contributed by atoms with Crippen molar-refractivity contribution >= 4 is 11.9 Å². The second-order valence-corrected chi connectivity index (χ2v) is 6.71. The minimum Gasteiger partial charge on any atom is -0.385 e. The van der Waals surface area contributed by atoms with Crippen LogP contribution in [0.15, 0.2) is 30.3 Å². The SMILES string of the molecule is COCCCCNC(=O)NC(CN1CCCCCC1=O)c1ccccc1. The van der Waals surface area contributed by atoms with Crippen molar-refractivity contribution in [1.29, 1.82) is 0 Å². The van der Waals surface area contributed by atoms with Gasteiger partial charge in [-0.25, -0.2) is 4.79 Å². The number of carbonyl (C=O) groups is 2. The van der Waals surface area contributed by atoms with Crippen molar-refractivity contribution in [2.24, 2.45) is 0 Å². The van der Waals surface area contributed by atoms with E-state index < -0.39 is 0 Å². The maximum Gasteiger partial charge on any atom is 0.315 e. The lowest BCUT2D eigenvalue weighted by molar-refractivity contribution is -0.131. The Bertz CT molecular complexity index is 550. The molecule has 2 rings (SSSR count). The van der Waals surface area contributed by atoms with Crippen molar-refractivity contribution in [2.75, 3.05) is 33.4 Å². The molecule has 0 radical (unpaired) electrons. The van der Waals surface area contributed by atoms with Crippen LogP contribution in [-0.4, -0.2) is 50.2 Å². The molecular weight excluding hydrogens is 330 g/mol. The molecule has 2 N–H and O–H groups in total. The van der Waals surface area contributed by atoms with Crippen molar-refractivity contribution in [1.82, 2.24) is 15.5 Å². The first-order valence-electron chi connectivity index (χ1n) is 9.56. The first kappa shape index (κ1) is 20.2. The number of unbranched alkanes of at least 4 members (excludes halogenated alkanes) is 1. The largest absolute Gasteiger partial charge is 0.385 e. The second kappa shape index (κ2) is 11.5. The Kier molecular flexibility index (Phi) is 8.96. The van der Waals surface area contributed by atoms with E-state index in [1.807, 2.05) is 35.2 Å². The average Bonchev–Trinajstić information content (AvgIpc) is 2.86. The monoisotopic (exact) mass is 361 g/mol. The Hall–Kier alpha value is -2.08. The summed E-state index contributed by atoms with van der Waals surface area (Å²) in [6.07, 6.45) is 5.48. The number of ether oxygens (including phenoxy) is 1. The summed E-state index contributed by atoms with van der Waals surface area (Å²) in [4.78, 5) is 26.5. The molecule has 1 saturated heterocycles. The van der Waals surface area contributed by atoms with Gasteiger partial charge in [-0.05, 0) is 31.2 Å². The molecule has 3 amide bonds. The van der Waals surface area contributed by atoms with Gasteiger partial charge in [-0.2, -0.15) is 0 Å². The predicted molar refractivity (Wildman–Crippen MR) is 102 cm³/mol. The summed E-state index contributed by atoms with van der Waals surface area (Å²) in [6.45, 7) is 2.59. The number of amides is 3. The number of urea groups is 1. The van der Waals surface area contributed by atoms with Crippen LogP contribution in [0.2, 0.25) is 0 Å². The van der Waals surface area contributed by atoms with Crippen LogP contribution in [0.3, 0.4) is 0 Å². The van der Waals surface area contributed by atoms with Crippen molar-refractivity contribution in [3.63, 3.8) is 0 Å². The highest BCUT2D eigenvalue weighted by Gasteiger charge is 2.22. The third-order valence-electron chi connectivity index (χ3n) is 4.64. The molecule has 1 atom stereocenters. The molecule has 1 aromatic rings. The maximum absolute atomic E-state index is 12.3. The number of carbonyl (C=O) groups excluding carboxylic acids is 2. The Morgan fingerprint density at radius 3 is 2.77 bits per heavy atom. The zero-order valence-electron chi connectivity index (χ0n) is 15.7. The third-order valence-corrected chi connectivity index (χ3v) is 4.64. The smallest absolute Gasteiger partial charge is 0.315 e. The second-order valence-electron chi connectivity index (χ2n) is 6.71. The zero-order valence-corrected chi connectivity index (χ0v) is 15.7. The minimum absolute atomic E-state index is 0.185. The van der Waals surface area contributed by atoms with E-state index in [9.17, 15) is 9.59 Å². The van der Waals surface area contributed by atoms with E-state index in [4.69, 9.17) is 4.74 Å². The number of nitrogens with one attached hydrogen (secondary N) is 2. The van der Waals surface area contributed by atoms with Gasteiger partial charge in [-0.3, -0.25) is 4.79 Å². The summed E-state index contributed by atoms with van der Waals surface area (Å²) in [5, 5.41) is 5.93. The normalized spacial score (nSPS) is 16.0. The van der Waals surface area contributed by atoms with Crippen LogP contribution in [0.5, 0.6) is 0 Å². The first-order chi connectivity index (χ1) is 12.7. The summed E-state index contributed by atoms with van der Waals surface area (Å²) in [5.41, 5.74) is 1.01. The highest BCUT2D eigenvalue weighted by atomic mass is 16.5. The molecule has 0 spiro atoms. The van der Waals surface area contributed by atoms with Crippen molar-refractivity contribution in [3.8, 4) is 0 Å². The van der Waals surface area contributed by atoms with E-state index in [2.05, 4.69) is 10.6 Å². The number of benzene rings is 1. The minimum atomic E-state index is -0.211. The molecule has 26 heavy (non-hydrogen) atoms. The van der Waals surface area contributed by atoms with Crippen LogP contribution in [0.1, 0.15) is 50.1 Å². The Morgan fingerprint density at radius 2 is 2.00 bits per heavy atom. The van der Waals surface area contributed by atoms with Gasteiger partial charge in [0.2, 0.25) is 5.91 Å². The van der Waals surface area contributed by atoms with Crippen LogP contribution >= 0.6 is 0 Å². The Balaban J connectivity index is 1.93. The number of likely N-dealkylation sites (tertiary alicyclic amines) is 1. The molecule has 1 unspecified atom stereocenters. The highest BCUT2D eigenvalue weighted by molar-refractivity contribution is 5.77. The van der Waals surface area contributed by atoms with Crippen molar-refractivity contribution < 1.29 is 14.3 Å². The molecule has 144 valence electrons. The van der Waals surface area contributed by atoms with E-state index in [1.165, 1.54) is 0 Å². The summed E-state index contributed by atoms with van der Waals surface area (Å²) in [7, 11) is 1.68. The molecule has 1 heterocycles. The van der Waals surface area contributed by atoms with Gasteiger partial charge < -0.3 is 20.3 Å². The van der Waals surface area contributed by atoms with Gasteiger partial charge in [0.15, 0.2) is 0 Å². The average molecular weight is 361 g/mol. The van der Waals surface area contributed by atoms with Gasteiger partial charge >= 0.3 is 6.03 Å². The molecule has 0 saturated carbocycles. The van der Waals surface area contributed by atoms with E-state index >= 15 is 0 Å². The number of hydrogen-bond acceptors (Lipinski definition) is 3. The van der Waals surface area contributed by atoms with Crippen molar-refractivity contribution in [2.45, 2.75) is 44.6 Å². The molecule has 0 aromatic heterocycles. The zero-order chi connectivity index (χ0) is 18.6. The molecular formula is C20H31N3O3.